The van der Waals surface area contributed by atoms with E-state index in [4.69, 9.17) is 0 Å². The average Bonchev–Trinajstić information content (AvgIpc) is 3.11. The summed E-state index contributed by atoms with van der Waals surface area (Å²) in [7, 11) is 0. The van der Waals surface area contributed by atoms with E-state index in [0.717, 1.165) is 17.7 Å². The summed E-state index contributed by atoms with van der Waals surface area (Å²) in [5.41, 5.74) is -0.948. The number of carbonyl (C=O) groups is 3. The van der Waals surface area contributed by atoms with Gasteiger partial charge in [-0.3, -0.25) is 19.2 Å². The van der Waals surface area contributed by atoms with Crippen LogP contribution >= 0.6 is 0 Å². The van der Waals surface area contributed by atoms with Gasteiger partial charge in [-0.2, -0.15) is 5.10 Å². The van der Waals surface area contributed by atoms with Crippen LogP contribution in [-0.4, -0.2) is 62.6 Å². The first-order chi connectivity index (χ1) is 10.9. The summed E-state index contributed by atoms with van der Waals surface area (Å²) in [5, 5.41) is 6.82. The topological polar surface area (TPSA) is 87.5 Å². The minimum absolute atomic E-state index is 0.141. The van der Waals surface area contributed by atoms with Crippen molar-refractivity contribution >= 4 is 17.8 Å². The summed E-state index contributed by atoms with van der Waals surface area (Å²) in [6.07, 6.45) is 5.44. The number of rotatable bonds is 3. The van der Waals surface area contributed by atoms with E-state index in [2.05, 4.69) is 10.4 Å². The van der Waals surface area contributed by atoms with Gasteiger partial charge in [-0.1, -0.05) is 0 Å². The number of nitrogens with one attached hydrogen (secondary N) is 1. The Balaban J connectivity index is 1.64. The first kappa shape index (κ1) is 15.5. The van der Waals surface area contributed by atoms with Crippen molar-refractivity contribution in [3.05, 3.63) is 18.5 Å². The zero-order valence-electron chi connectivity index (χ0n) is 13.4. The third-order valence-corrected chi connectivity index (χ3v) is 4.39. The van der Waals surface area contributed by atoms with Gasteiger partial charge >= 0.3 is 6.03 Å². The Morgan fingerprint density at radius 2 is 2.22 bits per heavy atom. The van der Waals surface area contributed by atoms with E-state index < -0.39 is 11.6 Å². The molecule has 0 unspecified atom stereocenters. The van der Waals surface area contributed by atoms with E-state index in [9.17, 15) is 14.4 Å². The number of imide groups is 1. The minimum atomic E-state index is -0.948. The highest BCUT2D eigenvalue weighted by atomic mass is 16.2. The minimum Gasteiger partial charge on any atom is -0.339 e. The molecule has 1 aromatic rings. The molecule has 1 N–H and O–H groups in total. The van der Waals surface area contributed by atoms with E-state index in [1.165, 1.54) is 0 Å². The molecule has 23 heavy (non-hydrogen) atoms. The number of carbonyl (C=O) groups excluding carboxylic acids is 3. The van der Waals surface area contributed by atoms with Crippen molar-refractivity contribution in [3.8, 4) is 0 Å². The molecule has 3 rings (SSSR count). The summed E-state index contributed by atoms with van der Waals surface area (Å²) >= 11 is 0. The Hall–Kier alpha value is -2.38. The molecule has 3 heterocycles. The van der Waals surface area contributed by atoms with E-state index in [0.29, 0.717) is 13.1 Å². The molecular formula is C15H21N5O3. The summed E-state index contributed by atoms with van der Waals surface area (Å²) in [4.78, 5) is 39.2. The summed E-state index contributed by atoms with van der Waals surface area (Å²) in [6.45, 7) is 4.25. The number of likely N-dealkylation sites (tertiary alicyclic amines) is 1. The molecule has 0 spiro atoms. The smallest absolute Gasteiger partial charge is 0.325 e. The number of hydrogen-bond donors (Lipinski definition) is 1. The van der Waals surface area contributed by atoms with Gasteiger partial charge in [0.25, 0.3) is 5.91 Å². The normalized spacial score (nSPS) is 24.0. The molecule has 4 amide bonds. The van der Waals surface area contributed by atoms with Crippen LogP contribution in [0.2, 0.25) is 0 Å². The molecule has 0 aromatic carbocycles. The maximum atomic E-state index is 12.5. The van der Waals surface area contributed by atoms with E-state index in [1.54, 1.807) is 24.9 Å². The van der Waals surface area contributed by atoms with E-state index in [-0.39, 0.29) is 24.4 Å². The van der Waals surface area contributed by atoms with Gasteiger partial charge in [0, 0.05) is 25.5 Å². The first-order valence-corrected chi connectivity index (χ1v) is 7.79. The Labute approximate surface area is 134 Å². The van der Waals surface area contributed by atoms with Crippen LogP contribution in [0.15, 0.2) is 18.5 Å². The fraction of sp³-hybridized carbons (Fsp3) is 0.600. The molecule has 8 heteroatoms. The van der Waals surface area contributed by atoms with Crippen molar-refractivity contribution in [2.75, 3.05) is 19.6 Å². The fourth-order valence-electron chi connectivity index (χ4n) is 3.09. The average molecular weight is 319 g/mol. The van der Waals surface area contributed by atoms with E-state index >= 15 is 0 Å². The Morgan fingerprint density at radius 3 is 2.83 bits per heavy atom. The second kappa shape index (κ2) is 5.68. The highest BCUT2D eigenvalue weighted by Crippen LogP contribution is 2.22. The molecule has 0 radical (unpaired) electrons. The number of amides is 4. The zero-order chi connectivity index (χ0) is 16.6. The van der Waals surface area contributed by atoms with Gasteiger partial charge in [0.15, 0.2) is 0 Å². The van der Waals surface area contributed by atoms with Gasteiger partial charge < -0.3 is 10.2 Å². The number of aromatic nitrogens is 2. The summed E-state index contributed by atoms with van der Waals surface area (Å²) in [6, 6.07) is 1.49. The predicted octanol–water partition coefficient (Wildman–Crippen LogP) is 0.377. The SMILES string of the molecule is CC1(C)NC(=O)N(CC(=O)N2CCC[C@H](n3cccn3)C2)C1=O. The van der Waals surface area contributed by atoms with E-state index in [1.807, 2.05) is 16.9 Å². The molecule has 8 nitrogen and oxygen atoms in total. The van der Waals surface area contributed by atoms with Crippen LogP contribution in [0.5, 0.6) is 0 Å². The van der Waals surface area contributed by atoms with Crippen LogP contribution in [0.25, 0.3) is 0 Å². The number of hydrogen-bond acceptors (Lipinski definition) is 4. The monoisotopic (exact) mass is 319 g/mol. The first-order valence-electron chi connectivity index (χ1n) is 7.79. The Kier molecular flexibility index (Phi) is 3.83. The summed E-state index contributed by atoms with van der Waals surface area (Å²) in [5.74, 6) is -0.570. The molecule has 1 aromatic heterocycles. The van der Waals surface area contributed by atoms with Gasteiger partial charge in [-0.05, 0) is 32.8 Å². The molecule has 2 aliphatic rings. The number of nitrogens with zero attached hydrogens (tertiary/aromatic N) is 4. The molecule has 2 saturated heterocycles. The highest BCUT2D eigenvalue weighted by molar-refractivity contribution is 6.08. The van der Waals surface area contributed by atoms with Crippen LogP contribution in [0.3, 0.4) is 0 Å². The molecule has 0 aliphatic carbocycles. The maximum Gasteiger partial charge on any atom is 0.325 e. The largest absolute Gasteiger partial charge is 0.339 e. The van der Waals surface area contributed by atoms with Gasteiger partial charge in [0.05, 0.1) is 6.04 Å². The van der Waals surface area contributed by atoms with Crippen molar-refractivity contribution in [3.63, 3.8) is 0 Å². The molecule has 2 aliphatic heterocycles. The third kappa shape index (κ3) is 2.93. The maximum absolute atomic E-state index is 12.5. The van der Waals surface area contributed by atoms with Crippen LogP contribution in [0, 0.1) is 0 Å². The number of piperidine rings is 1. The lowest BCUT2D eigenvalue weighted by Gasteiger charge is -2.33. The van der Waals surface area contributed by atoms with Gasteiger partial charge in [0.1, 0.15) is 12.1 Å². The molecule has 124 valence electrons. The molecule has 2 fully saturated rings. The Morgan fingerprint density at radius 1 is 1.43 bits per heavy atom. The highest BCUT2D eigenvalue weighted by Gasteiger charge is 2.45. The van der Waals surface area contributed by atoms with Gasteiger partial charge in [-0.25, -0.2) is 4.79 Å². The summed E-state index contributed by atoms with van der Waals surface area (Å²) < 4.78 is 1.86. The second-order valence-electron chi connectivity index (χ2n) is 6.57. The third-order valence-electron chi connectivity index (χ3n) is 4.39. The molecule has 1 atom stereocenters. The zero-order valence-corrected chi connectivity index (χ0v) is 13.4. The lowest BCUT2D eigenvalue weighted by Crippen LogP contribution is -2.47. The molecule has 0 bridgehead atoms. The van der Waals surface area contributed by atoms with Crippen molar-refractivity contribution in [2.45, 2.75) is 38.3 Å². The van der Waals surface area contributed by atoms with Crippen molar-refractivity contribution in [2.24, 2.45) is 0 Å². The lowest BCUT2D eigenvalue weighted by atomic mass is 10.1. The lowest BCUT2D eigenvalue weighted by molar-refractivity contribution is -0.139. The van der Waals surface area contributed by atoms with Crippen LogP contribution in [0.1, 0.15) is 32.7 Å². The second-order valence-corrected chi connectivity index (χ2v) is 6.57. The molecular weight excluding hydrogens is 298 g/mol. The van der Waals surface area contributed by atoms with Crippen LogP contribution in [-0.2, 0) is 9.59 Å². The van der Waals surface area contributed by atoms with Gasteiger partial charge in [-0.15, -0.1) is 0 Å². The van der Waals surface area contributed by atoms with Crippen molar-refractivity contribution in [1.82, 2.24) is 24.9 Å². The van der Waals surface area contributed by atoms with Crippen LogP contribution < -0.4 is 5.32 Å². The van der Waals surface area contributed by atoms with Crippen LogP contribution in [0.4, 0.5) is 4.79 Å². The standard InChI is InChI=1S/C15H21N5O3/c1-15(2)13(22)19(14(23)17-15)10-12(21)18-7-3-5-11(9-18)20-8-4-6-16-20/h4,6,8,11H,3,5,7,9-10H2,1-2H3,(H,17,23)/t11-/m0/s1. The van der Waals surface area contributed by atoms with Crippen molar-refractivity contribution in [1.29, 1.82) is 0 Å². The quantitative estimate of drug-likeness (QED) is 0.816. The Bertz CT molecular complexity index is 625. The van der Waals surface area contributed by atoms with Gasteiger partial charge in [0.2, 0.25) is 5.91 Å². The fourth-order valence-corrected chi connectivity index (χ4v) is 3.09. The molecule has 0 saturated carbocycles. The number of urea groups is 1. The van der Waals surface area contributed by atoms with Crippen molar-refractivity contribution < 1.29 is 14.4 Å². The predicted molar refractivity (Wildman–Crippen MR) is 81.4 cm³/mol.